The van der Waals surface area contributed by atoms with Gasteiger partial charge in [0, 0.05) is 23.9 Å². The molecule has 192 valence electrons. The molecule has 0 amide bonds. The van der Waals surface area contributed by atoms with Crippen LogP contribution in [0, 0.1) is 0 Å². The molecule has 35 heavy (non-hydrogen) atoms. The number of rotatable bonds is 17. The molecular weight excluding hydrogens is 432 g/mol. The van der Waals surface area contributed by atoms with Crippen molar-refractivity contribution < 1.29 is 9.90 Å². The van der Waals surface area contributed by atoms with Crippen molar-refractivity contribution in [1.82, 2.24) is 9.97 Å². The molecule has 0 aliphatic heterocycles. The maximum Gasteiger partial charge on any atom is 0.159 e. The van der Waals surface area contributed by atoms with Crippen LogP contribution < -0.4 is 5.11 Å². The van der Waals surface area contributed by atoms with Crippen molar-refractivity contribution in [2.75, 3.05) is 0 Å². The number of aromatic nitrogens is 2. The second-order valence-electron chi connectivity index (χ2n) is 10.6. The van der Waals surface area contributed by atoms with E-state index in [1.165, 1.54) is 94.6 Å². The lowest BCUT2D eigenvalue weighted by Crippen LogP contribution is -2.22. The van der Waals surface area contributed by atoms with E-state index in [4.69, 9.17) is 0 Å². The molecule has 1 aromatic carbocycles. The van der Waals surface area contributed by atoms with Crippen molar-refractivity contribution in [3.05, 3.63) is 47.8 Å². The summed E-state index contributed by atoms with van der Waals surface area (Å²) in [7, 11) is 0. The Hall–Kier alpha value is -2.23. The van der Waals surface area contributed by atoms with Gasteiger partial charge in [0.05, 0.1) is 0 Å². The van der Waals surface area contributed by atoms with Gasteiger partial charge in [-0.2, -0.15) is 0 Å². The highest BCUT2D eigenvalue weighted by molar-refractivity contribution is 5.64. The number of aliphatic carboxylic acids is 1. The Morgan fingerprint density at radius 3 is 2.09 bits per heavy atom. The zero-order valence-electron chi connectivity index (χ0n) is 21.9. The zero-order valence-corrected chi connectivity index (χ0v) is 21.9. The van der Waals surface area contributed by atoms with Crippen LogP contribution in [0.4, 0.5) is 0 Å². The molecular formula is C31H45N2O2-. The smallest absolute Gasteiger partial charge is 0.159 e. The molecule has 4 nitrogen and oxygen atoms in total. The normalized spacial score (nSPS) is 14.9. The molecule has 1 saturated carbocycles. The van der Waals surface area contributed by atoms with E-state index >= 15 is 0 Å². The Morgan fingerprint density at radius 1 is 0.829 bits per heavy atom. The van der Waals surface area contributed by atoms with Crippen molar-refractivity contribution in [3.8, 4) is 11.4 Å². The van der Waals surface area contributed by atoms with Gasteiger partial charge in [-0.1, -0.05) is 102 Å². The van der Waals surface area contributed by atoms with Crippen molar-refractivity contribution in [2.45, 2.75) is 128 Å². The second-order valence-corrected chi connectivity index (χ2v) is 10.6. The van der Waals surface area contributed by atoms with Crippen LogP contribution in [0.15, 0.2) is 36.7 Å². The Kier molecular flexibility index (Phi) is 11.7. The Balaban J connectivity index is 1.48. The number of nitrogens with zero attached hydrogens (tertiary/aromatic N) is 2. The van der Waals surface area contributed by atoms with E-state index in [0.717, 1.165) is 37.1 Å². The van der Waals surface area contributed by atoms with E-state index in [1.807, 2.05) is 12.4 Å². The van der Waals surface area contributed by atoms with Gasteiger partial charge in [0.15, 0.2) is 5.82 Å². The first-order valence-corrected chi connectivity index (χ1v) is 14.2. The fraction of sp³-hybridized carbons (Fsp3) is 0.645. The summed E-state index contributed by atoms with van der Waals surface area (Å²) in [5.41, 5.74) is 4.12. The average Bonchev–Trinajstić information content (AvgIpc) is 3.36. The third-order valence-electron chi connectivity index (χ3n) is 7.88. The highest BCUT2D eigenvalue weighted by atomic mass is 16.4. The third-order valence-corrected chi connectivity index (χ3v) is 7.88. The number of carboxylic acid groups (broad SMARTS) is 1. The summed E-state index contributed by atoms with van der Waals surface area (Å²) in [5, 5.41) is 10.5. The van der Waals surface area contributed by atoms with Crippen molar-refractivity contribution in [1.29, 1.82) is 0 Å². The lowest BCUT2D eigenvalue weighted by molar-refractivity contribution is -0.305. The van der Waals surface area contributed by atoms with Gasteiger partial charge in [-0.05, 0) is 61.5 Å². The first-order valence-electron chi connectivity index (χ1n) is 14.2. The molecule has 1 heterocycles. The number of carboxylic acids is 1. The lowest BCUT2D eigenvalue weighted by atomic mass is 9.74. The summed E-state index contributed by atoms with van der Waals surface area (Å²) in [6.45, 7) is 2.26. The van der Waals surface area contributed by atoms with Crippen LogP contribution >= 0.6 is 0 Å². The molecule has 3 rings (SSSR count). The van der Waals surface area contributed by atoms with E-state index < -0.39 is 5.97 Å². The Morgan fingerprint density at radius 2 is 1.43 bits per heavy atom. The number of unbranched alkanes of at least 4 members (excludes halogenated alkanes) is 9. The monoisotopic (exact) mass is 477 g/mol. The van der Waals surface area contributed by atoms with E-state index in [2.05, 4.69) is 41.2 Å². The van der Waals surface area contributed by atoms with E-state index in [9.17, 15) is 9.90 Å². The summed E-state index contributed by atoms with van der Waals surface area (Å²) < 4.78 is 0. The molecule has 0 radical (unpaired) electrons. The minimum absolute atomic E-state index is 0.196. The van der Waals surface area contributed by atoms with Crippen molar-refractivity contribution >= 4 is 5.97 Å². The summed E-state index contributed by atoms with van der Waals surface area (Å²) in [6.07, 6.45) is 24.8. The highest BCUT2D eigenvalue weighted by Crippen LogP contribution is 2.45. The van der Waals surface area contributed by atoms with Crippen LogP contribution in [0.2, 0.25) is 0 Å². The van der Waals surface area contributed by atoms with E-state index in [1.54, 1.807) is 0 Å². The van der Waals surface area contributed by atoms with Gasteiger partial charge in [0.2, 0.25) is 0 Å². The fourth-order valence-electron chi connectivity index (χ4n) is 5.71. The number of hydrogen-bond donors (Lipinski definition) is 0. The number of carbonyl (C=O) groups excluding carboxylic acids is 1. The standard InChI is InChI=1S/C31H46N2O2/c1-2-3-4-5-7-10-15-26-24-32-30(33-25-26)27-17-19-28(20-18-27)31(22-13-14-23-31)21-12-9-6-8-11-16-29(34)35/h17-20,24-25H,2-16,21-23H2,1H3,(H,34,35)/p-1. The van der Waals surface area contributed by atoms with Gasteiger partial charge in [-0.15, -0.1) is 0 Å². The zero-order chi connectivity index (χ0) is 24.8. The SMILES string of the molecule is CCCCCCCCc1cnc(-c2ccc(C3(CCCCCCCC(=O)[O-])CCCC3)cc2)nc1. The molecule has 1 fully saturated rings. The van der Waals surface area contributed by atoms with Crippen LogP contribution in [0.5, 0.6) is 0 Å². The quantitative estimate of drug-likeness (QED) is 0.224. The maximum absolute atomic E-state index is 10.5. The van der Waals surface area contributed by atoms with Crippen LogP contribution in [0.3, 0.4) is 0 Å². The molecule has 0 bridgehead atoms. The molecule has 4 heteroatoms. The average molecular weight is 478 g/mol. The third kappa shape index (κ3) is 9.05. The predicted molar refractivity (Wildman–Crippen MR) is 142 cm³/mol. The summed E-state index contributed by atoms with van der Waals surface area (Å²) >= 11 is 0. The molecule has 1 aromatic heterocycles. The number of aryl methyl sites for hydroxylation is 1. The van der Waals surface area contributed by atoms with Crippen molar-refractivity contribution in [3.63, 3.8) is 0 Å². The maximum atomic E-state index is 10.5. The number of benzene rings is 1. The van der Waals surface area contributed by atoms with Crippen LogP contribution in [0.25, 0.3) is 11.4 Å². The van der Waals surface area contributed by atoms with E-state index in [0.29, 0.717) is 5.41 Å². The number of carbonyl (C=O) groups is 1. The first-order chi connectivity index (χ1) is 17.1. The van der Waals surface area contributed by atoms with Gasteiger partial charge in [-0.25, -0.2) is 9.97 Å². The molecule has 0 N–H and O–H groups in total. The lowest BCUT2D eigenvalue weighted by Gasteiger charge is -2.30. The molecule has 2 aromatic rings. The van der Waals surface area contributed by atoms with Gasteiger partial charge in [-0.3, -0.25) is 0 Å². The van der Waals surface area contributed by atoms with E-state index in [-0.39, 0.29) is 6.42 Å². The van der Waals surface area contributed by atoms with Crippen LogP contribution in [-0.2, 0) is 16.6 Å². The van der Waals surface area contributed by atoms with Gasteiger partial charge in [0.25, 0.3) is 0 Å². The first kappa shape index (κ1) is 27.4. The van der Waals surface area contributed by atoms with Crippen LogP contribution in [-0.4, -0.2) is 15.9 Å². The van der Waals surface area contributed by atoms with Crippen molar-refractivity contribution in [2.24, 2.45) is 0 Å². The minimum atomic E-state index is -0.923. The molecule has 0 spiro atoms. The molecule has 1 aliphatic rings. The second kappa shape index (κ2) is 15.0. The van der Waals surface area contributed by atoms with Crippen LogP contribution in [0.1, 0.15) is 127 Å². The molecule has 0 saturated heterocycles. The van der Waals surface area contributed by atoms with Gasteiger partial charge >= 0.3 is 0 Å². The Bertz CT molecular complexity index is 855. The summed E-state index contributed by atoms with van der Waals surface area (Å²) in [5.74, 6) is -0.104. The largest absolute Gasteiger partial charge is 0.550 e. The Labute approximate surface area is 213 Å². The topological polar surface area (TPSA) is 65.9 Å². The number of hydrogen-bond acceptors (Lipinski definition) is 4. The molecule has 0 unspecified atom stereocenters. The summed E-state index contributed by atoms with van der Waals surface area (Å²) in [6, 6.07) is 9.04. The van der Waals surface area contributed by atoms with Gasteiger partial charge < -0.3 is 9.90 Å². The van der Waals surface area contributed by atoms with Gasteiger partial charge in [0.1, 0.15) is 0 Å². The molecule has 1 aliphatic carbocycles. The predicted octanol–water partition coefficient (Wildman–Crippen LogP) is 7.34. The molecule has 0 atom stereocenters. The fourth-order valence-corrected chi connectivity index (χ4v) is 5.71. The summed E-state index contributed by atoms with van der Waals surface area (Å²) in [4.78, 5) is 19.9. The minimum Gasteiger partial charge on any atom is -0.550 e. The highest BCUT2D eigenvalue weighted by Gasteiger charge is 2.34.